The largest absolute Gasteiger partial charge is 0.494 e. The quantitative estimate of drug-likeness (QED) is 0.224. The molecule has 0 radical (unpaired) electrons. The van der Waals surface area contributed by atoms with Crippen LogP contribution in [0.1, 0.15) is 25.1 Å². The van der Waals surface area contributed by atoms with Crippen LogP contribution in [0.5, 0.6) is 5.75 Å². The SMILES string of the molecule is CCCOc1ccc(N2C(=O)[C@@H]3[C@H](ON(c4ccccc4)[C@H]3c3ccc(-c4ccc(Cl)cc4Cl)o3)C2=O)cc1. The highest BCUT2D eigenvalue weighted by molar-refractivity contribution is 6.36. The number of nitrogens with zero attached hydrogens (tertiary/aromatic N) is 2. The van der Waals surface area contributed by atoms with Crippen LogP contribution in [0.15, 0.2) is 89.3 Å². The minimum atomic E-state index is -1.01. The number of amides is 2. The van der Waals surface area contributed by atoms with Crippen LogP contribution in [0.4, 0.5) is 11.4 Å². The van der Waals surface area contributed by atoms with Gasteiger partial charge < -0.3 is 9.15 Å². The first kappa shape index (κ1) is 25.5. The molecule has 0 aliphatic carbocycles. The van der Waals surface area contributed by atoms with Crippen LogP contribution >= 0.6 is 23.2 Å². The van der Waals surface area contributed by atoms with E-state index in [1.54, 1.807) is 59.7 Å². The Morgan fingerprint density at radius 2 is 1.64 bits per heavy atom. The fraction of sp³-hybridized carbons (Fsp3) is 0.200. The van der Waals surface area contributed by atoms with Gasteiger partial charge in [-0.05, 0) is 73.2 Å². The van der Waals surface area contributed by atoms with Gasteiger partial charge in [0, 0.05) is 10.6 Å². The third-order valence-corrected chi connectivity index (χ3v) is 7.36. The molecule has 198 valence electrons. The zero-order chi connectivity index (χ0) is 27.1. The Morgan fingerprint density at radius 1 is 0.872 bits per heavy atom. The summed E-state index contributed by atoms with van der Waals surface area (Å²) in [6.45, 7) is 2.61. The van der Waals surface area contributed by atoms with Crippen LogP contribution in [-0.2, 0) is 14.4 Å². The van der Waals surface area contributed by atoms with Gasteiger partial charge in [0.25, 0.3) is 5.91 Å². The number of carbonyl (C=O) groups excluding carboxylic acids is 2. The summed E-state index contributed by atoms with van der Waals surface area (Å²) in [4.78, 5) is 34.8. The van der Waals surface area contributed by atoms with E-state index < -0.39 is 24.0 Å². The van der Waals surface area contributed by atoms with Gasteiger partial charge in [0.05, 0.1) is 23.0 Å². The maximum atomic E-state index is 13.9. The van der Waals surface area contributed by atoms with Crippen molar-refractivity contribution in [2.24, 2.45) is 5.92 Å². The van der Waals surface area contributed by atoms with E-state index in [0.717, 1.165) is 6.42 Å². The van der Waals surface area contributed by atoms with Crippen molar-refractivity contribution in [3.8, 4) is 17.1 Å². The van der Waals surface area contributed by atoms with Crippen LogP contribution in [0.2, 0.25) is 10.0 Å². The molecule has 2 aliphatic heterocycles. The maximum Gasteiger partial charge on any atom is 0.266 e. The van der Waals surface area contributed by atoms with Gasteiger partial charge >= 0.3 is 0 Å². The van der Waals surface area contributed by atoms with Crippen molar-refractivity contribution in [1.82, 2.24) is 0 Å². The first-order valence-electron chi connectivity index (χ1n) is 12.6. The van der Waals surface area contributed by atoms with E-state index in [1.165, 1.54) is 4.90 Å². The van der Waals surface area contributed by atoms with Gasteiger partial charge in [-0.2, -0.15) is 0 Å². The number of hydroxylamine groups is 1. The summed E-state index contributed by atoms with van der Waals surface area (Å²) in [5.74, 6) is 0.0427. The van der Waals surface area contributed by atoms with Crippen molar-refractivity contribution in [2.45, 2.75) is 25.5 Å². The standard InChI is InChI=1S/C30H24Cl2N2O5/c1-2-16-37-21-11-9-19(10-12-21)33-29(35)26-27(34(39-28(26)30(33)36)20-6-4-3-5-7-20)25-15-14-24(38-25)22-13-8-18(31)17-23(22)32/h3-15,17,26-28H,2,16H2,1H3/t26-,27-,28-/m0/s1. The Hall–Kier alpha value is -3.78. The normalized spacial score (nSPS) is 20.5. The van der Waals surface area contributed by atoms with Crippen LogP contribution in [0, 0.1) is 5.92 Å². The highest BCUT2D eigenvalue weighted by Gasteiger charge is 2.61. The number of benzene rings is 3. The van der Waals surface area contributed by atoms with Gasteiger partial charge in [-0.25, -0.2) is 9.96 Å². The molecular formula is C30H24Cl2N2O5. The smallest absolute Gasteiger partial charge is 0.266 e. The monoisotopic (exact) mass is 562 g/mol. The number of hydrogen-bond acceptors (Lipinski definition) is 6. The van der Waals surface area contributed by atoms with Crippen molar-refractivity contribution in [1.29, 1.82) is 0 Å². The van der Waals surface area contributed by atoms with Crippen LogP contribution in [0.3, 0.4) is 0 Å². The second kappa shape index (κ2) is 10.4. The first-order valence-corrected chi connectivity index (χ1v) is 13.4. The summed E-state index contributed by atoms with van der Waals surface area (Å²) >= 11 is 12.5. The van der Waals surface area contributed by atoms with Gasteiger partial charge in [-0.1, -0.05) is 48.3 Å². The molecule has 0 spiro atoms. The number of carbonyl (C=O) groups is 2. The number of furan rings is 1. The van der Waals surface area contributed by atoms with Gasteiger partial charge in [-0.15, -0.1) is 0 Å². The molecular weight excluding hydrogens is 539 g/mol. The zero-order valence-corrected chi connectivity index (χ0v) is 22.4. The Bertz CT molecular complexity index is 1520. The van der Waals surface area contributed by atoms with Crippen molar-refractivity contribution < 1.29 is 23.6 Å². The average Bonchev–Trinajstić information content (AvgIpc) is 3.63. The Morgan fingerprint density at radius 3 is 2.36 bits per heavy atom. The van der Waals surface area contributed by atoms with E-state index in [0.29, 0.717) is 50.9 Å². The summed E-state index contributed by atoms with van der Waals surface area (Å²) in [7, 11) is 0. The number of halogens is 2. The molecule has 4 aromatic rings. The number of fused-ring (bicyclic) bond motifs is 1. The lowest BCUT2D eigenvalue weighted by molar-refractivity contribution is -0.126. The molecule has 0 unspecified atom stereocenters. The first-order chi connectivity index (χ1) is 19.0. The van der Waals surface area contributed by atoms with Gasteiger partial charge in [0.1, 0.15) is 29.2 Å². The van der Waals surface area contributed by atoms with Crippen LogP contribution in [0.25, 0.3) is 11.3 Å². The molecule has 3 aromatic carbocycles. The summed E-state index contributed by atoms with van der Waals surface area (Å²) in [5.41, 5.74) is 1.82. The number of anilines is 2. The van der Waals surface area contributed by atoms with Crippen LogP contribution in [-0.4, -0.2) is 24.5 Å². The number of imide groups is 1. The van der Waals surface area contributed by atoms with E-state index in [4.69, 9.17) is 37.2 Å². The predicted octanol–water partition coefficient (Wildman–Crippen LogP) is 7.09. The van der Waals surface area contributed by atoms with Crippen LogP contribution < -0.4 is 14.7 Å². The van der Waals surface area contributed by atoms with E-state index in [-0.39, 0.29) is 5.91 Å². The summed E-state index contributed by atoms with van der Waals surface area (Å²) in [6.07, 6.45) is -0.129. The molecule has 39 heavy (non-hydrogen) atoms. The summed E-state index contributed by atoms with van der Waals surface area (Å²) in [5, 5.41) is 2.54. The number of rotatable bonds is 7. The number of ether oxygens (including phenoxy) is 1. The van der Waals surface area contributed by atoms with Crippen molar-refractivity contribution in [3.63, 3.8) is 0 Å². The molecule has 0 bridgehead atoms. The second-order valence-electron chi connectivity index (χ2n) is 9.34. The van der Waals surface area contributed by atoms with E-state index in [9.17, 15) is 9.59 Å². The van der Waals surface area contributed by atoms with Gasteiger partial charge in [0.15, 0.2) is 6.10 Å². The average molecular weight is 563 g/mol. The molecule has 9 heteroatoms. The molecule has 2 amide bonds. The molecule has 7 nitrogen and oxygen atoms in total. The number of hydrogen-bond donors (Lipinski definition) is 0. The van der Waals surface area contributed by atoms with Crippen molar-refractivity contribution >= 4 is 46.4 Å². The van der Waals surface area contributed by atoms with E-state index in [1.807, 2.05) is 37.3 Å². The molecule has 3 heterocycles. The minimum Gasteiger partial charge on any atom is -0.494 e. The Labute approximate surface area is 235 Å². The Kier molecular flexibility index (Phi) is 6.81. The molecule has 1 aromatic heterocycles. The van der Waals surface area contributed by atoms with Crippen molar-refractivity contribution in [3.05, 3.63) is 101 Å². The summed E-state index contributed by atoms with van der Waals surface area (Å²) in [6, 6.07) is 24.3. The second-order valence-corrected chi connectivity index (χ2v) is 10.2. The fourth-order valence-corrected chi connectivity index (χ4v) is 5.52. The molecule has 3 atom stereocenters. The molecule has 0 saturated carbocycles. The Balaban J connectivity index is 1.36. The predicted molar refractivity (Wildman–Crippen MR) is 149 cm³/mol. The van der Waals surface area contributed by atoms with E-state index >= 15 is 0 Å². The third kappa shape index (κ3) is 4.56. The maximum absolute atomic E-state index is 13.9. The molecule has 2 aliphatic rings. The lowest BCUT2D eigenvalue weighted by Crippen LogP contribution is -2.37. The summed E-state index contributed by atoms with van der Waals surface area (Å²) < 4.78 is 11.9. The van der Waals surface area contributed by atoms with Gasteiger partial charge in [-0.3, -0.25) is 14.4 Å². The van der Waals surface area contributed by atoms with E-state index in [2.05, 4.69) is 0 Å². The molecule has 0 N–H and O–H groups in total. The molecule has 2 fully saturated rings. The third-order valence-electron chi connectivity index (χ3n) is 6.81. The van der Waals surface area contributed by atoms with Crippen molar-refractivity contribution in [2.75, 3.05) is 16.6 Å². The lowest BCUT2D eigenvalue weighted by atomic mass is 9.94. The minimum absolute atomic E-state index is 0.363. The molecule has 2 saturated heterocycles. The van der Waals surface area contributed by atoms with Gasteiger partial charge in [0.2, 0.25) is 5.91 Å². The zero-order valence-electron chi connectivity index (χ0n) is 20.9. The number of para-hydroxylation sites is 1. The highest BCUT2D eigenvalue weighted by Crippen LogP contribution is 2.48. The fourth-order valence-electron chi connectivity index (χ4n) is 5.01. The lowest BCUT2D eigenvalue weighted by Gasteiger charge is -2.27. The topological polar surface area (TPSA) is 72.2 Å². The highest BCUT2D eigenvalue weighted by atomic mass is 35.5. The molecule has 6 rings (SSSR count).